The Labute approximate surface area is 116 Å². The van der Waals surface area contributed by atoms with E-state index in [1.165, 1.54) is 12.1 Å². The highest BCUT2D eigenvalue weighted by Crippen LogP contribution is 2.27. The van der Waals surface area contributed by atoms with E-state index < -0.39 is 23.2 Å². The van der Waals surface area contributed by atoms with Crippen LogP contribution in [0.5, 0.6) is 0 Å². The van der Waals surface area contributed by atoms with Crippen molar-refractivity contribution in [3.05, 3.63) is 35.6 Å². The molecule has 0 aliphatic carbocycles. The van der Waals surface area contributed by atoms with Crippen LogP contribution in [0.3, 0.4) is 0 Å². The molecule has 1 aromatic rings. The third-order valence-electron chi connectivity index (χ3n) is 2.85. The molecule has 5 nitrogen and oxygen atoms in total. The largest absolute Gasteiger partial charge is 0.480 e. The first-order valence-electron chi connectivity index (χ1n) is 6.23. The van der Waals surface area contributed by atoms with E-state index in [0.29, 0.717) is 0 Å². The van der Waals surface area contributed by atoms with Gasteiger partial charge in [0, 0.05) is 6.61 Å². The molecule has 0 radical (unpaired) electrons. The summed E-state index contributed by atoms with van der Waals surface area (Å²) in [6.07, 6.45) is 0. The molecule has 0 bridgehead atoms. The van der Waals surface area contributed by atoms with Crippen LogP contribution in [-0.4, -0.2) is 36.9 Å². The lowest BCUT2D eigenvalue weighted by Gasteiger charge is -2.27. The van der Waals surface area contributed by atoms with Crippen LogP contribution in [0.15, 0.2) is 24.3 Å². The van der Waals surface area contributed by atoms with Crippen LogP contribution in [0, 0.1) is 5.82 Å². The summed E-state index contributed by atoms with van der Waals surface area (Å²) < 4.78 is 23.0. The minimum Gasteiger partial charge on any atom is -0.480 e. The lowest BCUT2D eigenvalue weighted by atomic mass is 9.81. The molecule has 0 amide bonds. The number of benzene rings is 1. The molecule has 0 heterocycles. The number of carboxylic acids is 1. The summed E-state index contributed by atoms with van der Waals surface area (Å²) in [6.45, 7) is 3.18. The Morgan fingerprint density at radius 1 is 1.20 bits per heavy atom. The number of aliphatic carboxylic acids is 1. The lowest BCUT2D eigenvalue weighted by Crippen LogP contribution is -2.49. The maximum atomic E-state index is 13.0. The van der Waals surface area contributed by atoms with Crippen LogP contribution < -0.4 is 0 Å². The van der Waals surface area contributed by atoms with E-state index in [1.54, 1.807) is 13.8 Å². The highest BCUT2D eigenvalue weighted by atomic mass is 19.1. The topological polar surface area (TPSA) is 72.8 Å². The third-order valence-corrected chi connectivity index (χ3v) is 2.85. The predicted molar refractivity (Wildman–Crippen MR) is 68.8 cm³/mol. The summed E-state index contributed by atoms with van der Waals surface area (Å²) in [7, 11) is 0. The zero-order valence-corrected chi connectivity index (χ0v) is 11.4. The molecule has 1 aromatic carbocycles. The fourth-order valence-corrected chi connectivity index (χ4v) is 1.78. The van der Waals surface area contributed by atoms with Gasteiger partial charge in [0.1, 0.15) is 5.82 Å². The van der Waals surface area contributed by atoms with Gasteiger partial charge >= 0.3 is 11.9 Å². The summed E-state index contributed by atoms with van der Waals surface area (Å²) in [5.74, 6) is -2.84. The Morgan fingerprint density at radius 2 is 1.80 bits per heavy atom. The van der Waals surface area contributed by atoms with Crippen molar-refractivity contribution in [2.45, 2.75) is 19.3 Å². The third kappa shape index (κ3) is 3.14. The van der Waals surface area contributed by atoms with Gasteiger partial charge in [0.2, 0.25) is 5.41 Å². The van der Waals surface area contributed by atoms with Gasteiger partial charge in [-0.15, -0.1) is 0 Å². The molecule has 0 saturated heterocycles. The number of ether oxygens (including phenoxy) is 2. The van der Waals surface area contributed by atoms with Crippen LogP contribution >= 0.6 is 0 Å². The number of hydrogen-bond acceptors (Lipinski definition) is 4. The van der Waals surface area contributed by atoms with Gasteiger partial charge in [-0.1, -0.05) is 12.1 Å². The van der Waals surface area contributed by atoms with Crippen molar-refractivity contribution in [1.29, 1.82) is 0 Å². The Morgan fingerprint density at radius 3 is 2.25 bits per heavy atom. The van der Waals surface area contributed by atoms with Gasteiger partial charge in [-0.2, -0.15) is 0 Å². The van der Waals surface area contributed by atoms with Crippen molar-refractivity contribution in [1.82, 2.24) is 0 Å². The van der Waals surface area contributed by atoms with E-state index in [0.717, 1.165) is 12.1 Å². The highest BCUT2D eigenvalue weighted by molar-refractivity contribution is 6.05. The fraction of sp³-hybridized carbons (Fsp3) is 0.429. The van der Waals surface area contributed by atoms with Gasteiger partial charge in [-0.05, 0) is 31.5 Å². The first-order valence-corrected chi connectivity index (χ1v) is 6.23. The first-order chi connectivity index (χ1) is 9.48. The number of carbonyl (C=O) groups is 2. The van der Waals surface area contributed by atoms with E-state index in [-0.39, 0.29) is 25.4 Å². The molecule has 0 aromatic heterocycles. The van der Waals surface area contributed by atoms with E-state index >= 15 is 0 Å². The quantitative estimate of drug-likeness (QED) is 0.610. The Bertz CT molecular complexity index is 471. The van der Waals surface area contributed by atoms with Crippen LogP contribution in [0.2, 0.25) is 0 Å². The molecule has 1 N–H and O–H groups in total. The number of esters is 1. The smallest absolute Gasteiger partial charge is 0.330 e. The molecular formula is C14H17FO5. The van der Waals surface area contributed by atoms with E-state index in [2.05, 4.69) is 0 Å². The fourth-order valence-electron chi connectivity index (χ4n) is 1.78. The average molecular weight is 284 g/mol. The van der Waals surface area contributed by atoms with Crippen molar-refractivity contribution in [2.75, 3.05) is 19.8 Å². The monoisotopic (exact) mass is 284 g/mol. The lowest BCUT2D eigenvalue weighted by molar-refractivity contribution is -0.165. The van der Waals surface area contributed by atoms with Crippen LogP contribution in [0.4, 0.5) is 4.39 Å². The van der Waals surface area contributed by atoms with Crippen LogP contribution in [0.1, 0.15) is 19.4 Å². The molecule has 0 aliphatic heterocycles. The van der Waals surface area contributed by atoms with Gasteiger partial charge in [0.25, 0.3) is 0 Å². The summed E-state index contributed by atoms with van der Waals surface area (Å²) >= 11 is 0. The Kier molecular flexibility index (Phi) is 5.64. The molecule has 1 atom stereocenters. The molecule has 1 rings (SSSR count). The zero-order chi connectivity index (χ0) is 15.2. The number of carbonyl (C=O) groups excluding carboxylic acids is 1. The number of hydrogen-bond donors (Lipinski definition) is 1. The van der Waals surface area contributed by atoms with Crippen molar-refractivity contribution in [3.63, 3.8) is 0 Å². The second-order valence-electron chi connectivity index (χ2n) is 4.07. The van der Waals surface area contributed by atoms with Crippen molar-refractivity contribution >= 4 is 11.9 Å². The highest BCUT2D eigenvalue weighted by Gasteiger charge is 2.50. The molecule has 0 saturated carbocycles. The van der Waals surface area contributed by atoms with Gasteiger partial charge in [-0.3, -0.25) is 9.59 Å². The second-order valence-corrected chi connectivity index (χ2v) is 4.07. The molecule has 0 spiro atoms. The molecule has 1 unspecified atom stereocenters. The van der Waals surface area contributed by atoms with Crippen molar-refractivity contribution in [2.24, 2.45) is 0 Å². The molecule has 110 valence electrons. The van der Waals surface area contributed by atoms with Gasteiger partial charge < -0.3 is 14.6 Å². The number of rotatable bonds is 7. The standard InChI is InChI=1S/C14H17FO5/c1-3-19-9-14(12(16)17,13(18)20-4-2)10-5-7-11(15)8-6-10/h5-8H,3-4,9H2,1-2H3,(H,16,17). The molecule has 20 heavy (non-hydrogen) atoms. The minimum atomic E-state index is -1.99. The van der Waals surface area contributed by atoms with E-state index in [9.17, 15) is 19.1 Å². The number of halogens is 1. The second kappa shape index (κ2) is 7.00. The zero-order valence-electron chi connectivity index (χ0n) is 11.4. The van der Waals surface area contributed by atoms with E-state index in [1.807, 2.05) is 0 Å². The molecule has 0 aliphatic rings. The normalized spacial score (nSPS) is 13.6. The summed E-state index contributed by atoms with van der Waals surface area (Å²) in [4.78, 5) is 23.8. The van der Waals surface area contributed by atoms with Crippen LogP contribution in [0.25, 0.3) is 0 Å². The Balaban J connectivity index is 3.31. The number of carboxylic acid groups (broad SMARTS) is 1. The average Bonchev–Trinajstić information content (AvgIpc) is 2.41. The molecule has 0 fully saturated rings. The van der Waals surface area contributed by atoms with Gasteiger partial charge in [0.05, 0.1) is 13.2 Å². The minimum absolute atomic E-state index is 0.0428. The maximum Gasteiger partial charge on any atom is 0.330 e. The van der Waals surface area contributed by atoms with Crippen molar-refractivity contribution in [3.8, 4) is 0 Å². The van der Waals surface area contributed by atoms with Gasteiger partial charge in [0.15, 0.2) is 0 Å². The predicted octanol–water partition coefficient (Wildman–Crippen LogP) is 1.75. The molecular weight excluding hydrogens is 267 g/mol. The summed E-state index contributed by atoms with van der Waals surface area (Å²) in [5.41, 5.74) is -1.86. The first kappa shape index (κ1) is 16.1. The van der Waals surface area contributed by atoms with Crippen molar-refractivity contribution < 1.29 is 28.6 Å². The van der Waals surface area contributed by atoms with Crippen LogP contribution in [-0.2, 0) is 24.5 Å². The summed E-state index contributed by atoms with van der Waals surface area (Å²) in [6, 6.07) is 4.69. The van der Waals surface area contributed by atoms with E-state index in [4.69, 9.17) is 9.47 Å². The SMILES string of the molecule is CCOCC(C(=O)O)(C(=O)OCC)c1ccc(F)cc1. The Hall–Kier alpha value is -1.95. The maximum absolute atomic E-state index is 13.0. The summed E-state index contributed by atoms with van der Waals surface area (Å²) in [5, 5.41) is 9.50. The van der Waals surface area contributed by atoms with Gasteiger partial charge in [-0.25, -0.2) is 4.39 Å². The molecule has 6 heteroatoms.